The van der Waals surface area contributed by atoms with E-state index < -0.39 is 0 Å². The number of carbonyl (C=O) groups is 1. The molecule has 0 spiro atoms. The van der Waals surface area contributed by atoms with E-state index >= 15 is 0 Å². The van der Waals surface area contributed by atoms with Crippen molar-refractivity contribution in [3.05, 3.63) is 28.8 Å². The molecule has 1 aromatic carbocycles. The number of rotatable bonds is 5. The molecule has 17 heavy (non-hydrogen) atoms. The van der Waals surface area contributed by atoms with Crippen molar-refractivity contribution in [2.45, 2.75) is 12.8 Å². The largest absolute Gasteiger partial charge is 0.497 e. The first-order valence-corrected chi connectivity index (χ1v) is 6.04. The molecule has 0 radical (unpaired) electrons. The molecular weight excluding hydrogens is 238 g/mol. The molecule has 0 aliphatic heterocycles. The molecule has 2 rings (SSSR count). The van der Waals surface area contributed by atoms with Gasteiger partial charge < -0.3 is 10.1 Å². The van der Waals surface area contributed by atoms with Gasteiger partial charge >= 0.3 is 0 Å². The van der Waals surface area contributed by atoms with Crippen LogP contribution in [-0.2, 0) is 0 Å². The summed E-state index contributed by atoms with van der Waals surface area (Å²) < 4.78 is 5.07. The summed E-state index contributed by atoms with van der Waals surface area (Å²) in [5, 5.41) is 3.54. The van der Waals surface area contributed by atoms with E-state index in [1.807, 2.05) is 7.05 Å². The van der Waals surface area contributed by atoms with Crippen molar-refractivity contribution in [2.75, 3.05) is 20.7 Å². The molecule has 0 bridgehead atoms. The first-order chi connectivity index (χ1) is 8.13. The molecule has 0 amide bonds. The lowest BCUT2D eigenvalue weighted by atomic mass is 9.94. The molecule has 0 saturated heterocycles. The summed E-state index contributed by atoms with van der Waals surface area (Å²) in [5.74, 6) is 0.810. The van der Waals surface area contributed by atoms with E-state index in [9.17, 15) is 4.79 Å². The summed E-state index contributed by atoms with van der Waals surface area (Å²) in [6.07, 6.45) is 1.88. The SMILES string of the molecule is CNCC1(C(=O)c2ccc(OC)cc2Cl)CC1. The minimum atomic E-state index is -0.229. The van der Waals surface area contributed by atoms with Gasteiger partial charge in [-0.15, -0.1) is 0 Å². The summed E-state index contributed by atoms with van der Waals surface area (Å²) in [4.78, 5) is 12.4. The lowest BCUT2D eigenvalue weighted by Crippen LogP contribution is -2.28. The zero-order chi connectivity index (χ0) is 12.5. The number of Topliss-reactive ketones (excluding diaryl/α,β-unsaturated/α-hetero) is 1. The molecule has 1 aliphatic rings. The van der Waals surface area contributed by atoms with Crippen molar-refractivity contribution in [3.63, 3.8) is 0 Å². The number of halogens is 1. The van der Waals surface area contributed by atoms with Crippen molar-refractivity contribution in [3.8, 4) is 5.75 Å². The van der Waals surface area contributed by atoms with Gasteiger partial charge in [-0.05, 0) is 38.1 Å². The smallest absolute Gasteiger partial charge is 0.171 e. The zero-order valence-electron chi connectivity index (χ0n) is 10.0. The Labute approximate surface area is 106 Å². The van der Waals surface area contributed by atoms with E-state index in [0.29, 0.717) is 22.9 Å². The summed E-state index contributed by atoms with van der Waals surface area (Å²) in [7, 11) is 3.44. The van der Waals surface area contributed by atoms with Gasteiger partial charge in [0.15, 0.2) is 5.78 Å². The predicted molar refractivity (Wildman–Crippen MR) is 67.9 cm³/mol. The second kappa shape index (κ2) is 4.67. The minimum Gasteiger partial charge on any atom is -0.497 e. The fourth-order valence-electron chi connectivity index (χ4n) is 2.07. The highest BCUT2D eigenvalue weighted by molar-refractivity contribution is 6.34. The Bertz CT molecular complexity index is 441. The first kappa shape index (κ1) is 12.4. The van der Waals surface area contributed by atoms with Crippen LogP contribution in [-0.4, -0.2) is 26.5 Å². The van der Waals surface area contributed by atoms with Crippen LogP contribution in [0, 0.1) is 5.41 Å². The van der Waals surface area contributed by atoms with Gasteiger partial charge in [0.1, 0.15) is 5.75 Å². The second-order valence-electron chi connectivity index (χ2n) is 4.49. The highest BCUT2D eigenvalue weighted by Gasteiger charge is 2.49. The van der Waals surface area contributed by atoms with E-state index in [2.05, 4.69) is 5.32 Å². The molecule has 1 aliphatic carbocycles. The van der Waals surface area contributed by atoms with Gasteiger partial charge in [0.25, 0.3) is 0 Å². The molecule has 0 heterocycles. The quantitative estimate of drug-likeness (QED) is 0.820. The van der Waals surface area contributed by atoms with Gasteiger partial charge in [-0.2, -0.15) is 0 Å². The molecule has 1 saturated carbocycles. The molecule has 4 heteroatoms. The fraction of sp³-hybridized carbons (Fsp3) is 0.462. The zero-order valence-corrected chi connectivity index (χ0v) is 10.8. The predicted octanol–water partition coefficient (Wildman–Crippen LogP) is 2.53. The Balaban J connectivity index is 2.26. The first-order valence-electron chi connectivity index (χ1n) is 5.66. The van der Waals surface area contributed by atoms with Crippen molar-refractivity contribution in [1.82, 2.24) is 5.32 Å². The van der Waals surface area contributed by atoms with Crippen LogP contribution in [0.5, 0.6) is 5.75 Å². The molecule has 1 fully saturated rings. The Morgan fingerprint density at radius 3 is 2.71 bits per heavy atom. The Hall–Kier alpha value is -1.06. The average molecular weight is 254 g/mol. The van der Waals surface area contributed by atoms with Gasteiger partial charge in [0.05, 0.1) is 12.1 Å². The lowest BCUT2D eigenvalue weighted by Gasteiger charge is -2.14. The molecule has 92 valence electrons. The molecule has 3 nitrogen and oxygen atoms in total. The topological polar surface area (TPSA) is 38.3 Å². The normalized spacial score (nSPS) is 16.6. The van der Waals surface area contributed by atoms with Crippen LogP contribution in [0.2, 0.25) is 5.02 Å². The molecule has 1 N–H and O–H groups in total. The average Bonchev–Trinajstić information content (AvgIpc) is 3.09. The van der Waals surface area contributed by atoms with Crippen LogP contribution in [0.1, 0.15) is 23.2 Å². The van der Waals surface area contributed by atoms with E-state index in [1.165, 1.54) is 0 Å². The van der Waals surface area contributed by atoms with Crippen molar-refractivity contribution in [2.24, 2.45) is 5.41 Å². The summed E-state index contributed by atoms with van der Waals surface area (Å²) in [6, 6.07) is 5.21. The second-order valence-corrected chi connectivity index (χ2v) is 4.89. The van der Waals surface area contributed by atoms with Crippen molar-refractivity contribution >= 4 is 17.4 Å². The number of methoxy groups -OCH3 is 1. The van der Waals surface area contributed by atoms with Crippen LogP contribution in [0.15, 0.2) is 18.2 Å². The van der Waals surface area contributed by atoms with Gasteiger partial charge in [-0.3, -0.25) is 4.79 Å². The maximum atomic E-state index is 12.4. The van der Waals surface area contributed by atoms with E-state index in [-0.39, 0.29) is 11.2 Å². The fourth-order valence-corrected chi connectivity index (χ4v) is 2.32. The van der Waals surface area contributed by atoms with Crippen LogP contribution in [0.25, 0.3) is 0 Å². The Morgan fingerprint density at radius 2 is 2.24 bits per heavy atom. The van der Waals surface area contributed by atoms with Gasteiger partial charge in [0, 0.05) is 17.5 Å². The number of hydrogen-bond acceptors (Lipinski definition) is 3. The van der Waals surface area contributed by atoms with Gasteiger partial charge in [-0.25, -0.2) is 0 Å². The third-order valence-corrected chi connectivity index (χ3v) is 3.58. The lowest BCUT2D eigenvalue weighted by molar-refractivity contribution is 0.0900. The van der Waals surface area contributed by atoms with E-state index in [0.717, 1.165) is 12.8 Å². The number of benzene rings is 1. The number of hydrogen-bond donors (Lipinski definition) is 1. The monoisotopic (exact) mass is 253 g/mol. The van der Waals surface area contributed by atoms with E-state index in [1.54, 1.807) is 25.3 Å². The molecule has 0 atom stereocenters. The number of carbonyl (C=O) groups excluding carboxylic acids is 1. The molecule has 0 unspecified atom stereocenters. The Morgan fingerprint density at radius 1 is 1.53 bits per heavy atom. The van der Waals surface area contributed by atoms with Crippen molar-refractivity contribution < 1.29 is 9.53 Å². The minimum absolute atomic E-state index is 0.138. The summed E-state index contributed by atoms with van der Waals surface area (Å²) in [6.45, 7) is 0.716. The number of nitrogens with one attached hydrogen (secondary N) is 1. The van der Waals surface area contributed by atoms with Gasteiger partial charge in [-0.1, -0.05) is 11.6 Å². The third-order valence-electron chi connectivity index (χ3n) is 3.27. The standard InChI is InChI=1S/C13H16ClNO2/c1-15-8-13(5-6-13)12(16)10-4-3-9(17-2)7-11(10)14/h3-4,7,15H,5-6,8H2,1-2H3. The van der Waals surface area contributed by atoms with E-state index in [4.69, 9.17) is 16.3 Å². The summed E-state index contributed by atoms with van der Waals surface area (Å²) in [5.41, 5.74) is 0.368. The maximum Gasteiger partial charge on any atom is 0.171 e. The van der Waals surface area contributed by atoms with Crippen LogP contribution >= 0.6 is 11.6 Å². The highest BCUT2D eigenvalue weighted by Crippen LogP contribution is 2.48. The Kier molecular flexibility index (Phi) is 3.40. The van der Waals surface area contributed by atoms with Crippen molar-refractivity contribution in [1.29, 1.82) is 0 Å². The van der Waals surface area contributed by atoms with Gasteiger partial charge in [0.2, 0.25) is 0 Å². The maximum absolute atomic E-state index is 12.4. The summed E-state index contributed by atoms with van der Waals surface area (Å²) >= 11 is 6.12. The van der Waals surface area contributed by atoms with Crippen LogP contribution < -0.4 is 10.1 Å². The molecule has 1 aromatic rings. The molecular formula is C13H16ClNO2. The van der Waals surface area contributed by atoms with Crippen LogP contribution in [0.4, 0.5) is 0 Å². The molecule has 0 aromatic heterocycles. The highest BCUT2D eigenvalue weighted by atomic mass is 35.5. The third kappa shape index (κ3) is 2.31. The number of ether oxygens (including phenoxy) is 1. The number of ketones is 1. The van der Waals surface area contributed by atoms with Crippen LogP contribution in [0.3, 0.4) is 0 Å².